The Morgan fingerprint density at radius 3 is 3.00 bits per heavy atom. The van der Waals surface area contributed by atoms with Crippen molar-refractivity contribution in [1.82, 2.24) is 15.8 Å². The van der Waals surface area contributed by atoms with Crippen molar-refractivity contribution in [3.63, 3.8) is 0 Å². The van der Waals surface area contributed by atoms with Crippen molar-refractivity contribution >= 4 is 17.8 Å². The van der Waals surface area contributed by atoms with Crippen molar-refractivity contribution < 1.29 is 9.32 Å². The van der Waals surface area contributed by atoms with E-state index in [0.717, 1.165) is 24.3 Å². The van der Waals surface area contributed by atoms with Crippen LogP contribution in [0.1, 0.15) is 43.6 Å². The second-order valence-electron chi connectivity index (χ2n) is 4.88. The van der Waals surface area contributed by atoms with Crippen LogP contribution < -0.4 is 10.6 Å². The van der Waals surface area contributed by atoms with Gasteiger partial charge in [0.15, 0.2) is 5.76 Å². The summed E-state index contributed by atoms with van der Waals surface area (Å²) in [6.45, 7) is 0.389. The second-order valence-corrected chi connectivity index (χ2v) is 5.75. The summed E-state index contributed by atoms with van der Waals surface area (Å²) in [6, 6.07) is 2.10. The van der Waals surface area contributed by atoms with Crippen molar-refractivity contribution in [1.29, 1.82) is 0 Å². The number of amides is 2. The molecule has 5 nitrogen and oxygen atoms in total. The SMILES string of the molecule is CSCc1cc(CNC(=O)NC2CCCCC2)on1. The van der Waals surface area contributed by atoms with Crippen molar-refractivity contribution in [2.24, 2.45) is 0 Å². The van der Waals surface area contributed by atoms with Crippen LogP contribution in [0.2, 0.25) is 0 Å². The third-order valence-electron chi connectivity index (χ3n) is 3.26. The van der Waals surface area contributed by atoms with Crippen LogP contribution in [0.3, 0.4) is 0 Å². The first-order valence-corrected chi connectivity index (χ1v) is 8.15. The van der Waals surface area contributed by atoms with Crippen LogP contribution in [0.25, 0.3) is 0 Å². The normalized spacial score (nSPS) is 16.3. The first-order chi connectivity index (χ1) is 9.28. The van der Waals surface area contributed by atoms with E-state index in [0.29, 0.717) is 18.3 Å². The number of carbonyl (C=O) groups is 1. The summed E-state index contributed by atoms with van der Waals surface area (Å²) in [4.78, 5) is 11.7. The first kappa shape index (κ1) is 14.2. The smallest absolute Gasteiger partial charge is 0.315 e. The fourth-order valence-electron chi connectivity index (χ4n) is 2.31. The van der Waals surface area contributed by atoms with Crippen molar-refractivity contribution in [3.05, 3.63) is 17.5 Å². The Balaban J connectivity index is 1.69. The summed E-state index contributed by atoms with van der Waals surface area (Å²) in [5.41, 5.74) is 0.914. The van der Waals surface area contributed by atoms with E-state index in [1.54, 1.807) is 11.8 Å². The van der Waals surface area contributed by atoms with Crippen molar-refractivity contribution in [3.8, 4) is 0 Å². The minimum Gasteiger partial charge on any atom is -0.359 e. The van der Waals surface area contributed by atoms with Gasteiger partial charge >= 0.3 is 6.03 Å². The molecule has 1 aliphatic rings. The van der Waals surface area contributed by atoms with Gasteiger partial charge in [-0.3, -0.25) is 0 Å². The molecule has 1 aromatic rings. The summed E-state index contributed by atoms with van der Waals surface area (Å²) >= 11 is 1.69. The van der Waals surface area contributed by atoms with Gasteiger partial charge in [-0.2, -0.15) is 11.8 Å². The molecule has 0 spiro atoms. The molecule has 1 saturated carbocycles. The van der Waals surface area contributed by atoms with Crippen LogP contribution in [-0.4, -0.2) is 23.5 Å². The van der Waals surface area contributed by atoms with Gasteiger partial charge in [0.2, 0.25) is 0 Å². The molecule has 0 saturated heterocycles. The van der Waals surface area contributed by atoms with Crippen molar-refractivity contribution in [2.45, 2.75) is 50.4 Å². The zero-order valence-corrected chi connectivity index (χ0v) is 12.1. The Bertz CT molecular complexity index is 402. The number of nitrogens with zero attached hydrogens (tertiary/aromatic N) is 1. The molecule has 106 valence electrons. The highest BCUT2D eigenvalue weighted by Crippen LogP contribution is 2.17. The molecule has 0 unspecified atom stereocenters. The van der Waals surface area contributed by atoms with Gasteiger partial charge in [0.1, 0.15) is 0 Å². The molecule has 2 rings (SSSR count). The number of nitrogens with one attached hydrogen (secondary N) is 2. The predicted octanol–water partition coefficient (Wildman–Crippen LogP) is 2.67. The van der Waals surface area contributed by atoms with E-state index in [-0.39, 0.29) is 6.03 Å². The van der Waals surface area contributed by atoms with Gasteiger partial charge in [-0.15, -0.1) is 0 Å². The molecule has 19 heavy (non-hydrogen) atoms. The number of hydrogen-bond acceptors (Lipinski definition) is 4. The number of thioether (sulfide) groups is 1. The quantitative estimate of drug-likeness (QED) is 0.872. The third-order valence-corrected chi connectivity index (χ3v) is 3.85. The molecule has 0 bridgehead atoms. The molecule has 0 aliphatic heterocycles. The standard InChI is InChI=1S/C13H21N3O2S/c1-19-9-11-7-12(18-16-11)8-14-13(17)15-10-5-3-2-4-6-10/h7,10H,2-6,8-9H2,1H3,(H2,14,15,17). The minimum atomic E-state index is -0.116. The Kier molecular flexibility index (Phi) is 5.57. The van der Waals surface area contributed by atoms with Gasteiger partial charge in [0.05, 0.1) is 12.2 Å². The molecule has 1 heterocycles. The maximum atomic E-state index is 11.7. The Morgan fingerprint density at radius 2 is 2.26 bits per heavy atom. The van der Waals surface area contributed by atoms with Gasteiger partial charge < -0.3 is 15.2 Å². The number of aromatic nitrogens is 1. The van der Waals surface area contributed by atoms with Gasteiger partial charge in [-0.05, 0) is 19.1 Å². The number of carbonyl (C=O) groups excluding carboxylic acids is 1. The topological polar surface area (TPSA) is 67.2 Å². The van der Waals surface area contributed by atoms with E-state index in [2.05, 4.69) is 15.8 Å². The lowest BCUT2D eigenvalue weighted by molar-refractivity contribution is 0.230. The van der Waals surface area contributed by atoms with Crippen molar-refractivity contribution in [2.75, 3.05) is 6.26 Å². The van der Waals surface area contributed by atoms with E-state index < -0.39 is 0 Å². The lowest BCUT2D eigenvalue weighted by Crippen LogP contribution is -2.42. The fraction of sp³-hybridized carbons (Fsp3) is 0.692. The van der Waals surface area contributed by atoms with E-state index in [1.165, 1.54) is 19.3 Å². The Hall–Kier alpha value is -1.17. The number of urea groups is 1. The maximum Gasteiger partial charge on any atom is 0.315 e. The van der Waals surface area contributed by atoms with Crippen LogP contribution in [0, 0.1) is 0 Å². The molecular formula is C13H21N3O2S. The van der Waals surface area contributed by atoms with Gasteiger partial charge in [-0.25, -0.2) is 4.79 Å². The number of rotatable bonds is 5. The molecule has 2 amide bonds. The molecule has 0 radical (unpaired) electrons. The third kappa shape index (κ3) is 4.78. The van der Waals surface area contributed by atoms with Crippen LogP contribution in [-0.2, 0) is 12.3 Å². The summed E-state index contributed by atoms with van der Waals surface area (Å²) in [5, 5.41) is 9.75. The molecular weight excluding hydrogens is 262 g/mol. The van der Waals surface area contributed by atoms with E-state index in [4.69, 9.17) is 4.52 Å². The molecule has 1 aliphatic carbocycles. The lowest BCUT2D eigenvalue weighted by Gasteiger charge is -2.22. The fourth-order valence-corrected chi connectivity index (χ4v) is 2.74. The molecule has 0 aromatic carbocycles. The van der Waals surface area contributed by atoms with Crippen LogP contribution >= 0.6 is 11.8 Å². The van der Waals surface area contributed by atoms with Gasteiger partial charge in [0.25, 0.3) is 0 Å². The molecule has 1 aromatic heterocycles. The highest BCUT2D eigenvalue weighted by atomic mass is 32.2. The largest absolute Gasteiger partial charge is 0.359 e. The zero-order chi connectivity index (χ0) is 13.5. The molecule has 2 N–H and O–H groups in total. The highest BCUT2D eigenvalue weighted by Gasteiger charge is 2.15. The first-order valence-electron chi connectivity index (χ1n) is 6.75. The summed E-state index contributed by atoms with van der Waals surface area (Å²) in [5.74, 6) is 1.53. The minimum absolute atomic E-state index is 0.116. The Morgan fingerprint density at radius 1 is 1.47 bits per heavy atom. The average Bonchev–Trinajstić information content (AvgIpc) is 2.86. The summed E-state index contributed by atoms with van der Waals surface area (Å²) < 4.78 is 5.15. The Labute approximate surface area is 117 Å². The predicted molar refractivity (Wildman–Crippen MR) is 76.0 cm³/mol. The van der Waals surface area contributed by atoms with Gasteiger partial charge in [-0.1, -0.05) is 24.4 Å². The number of hydrogen-bond donors (Lipinski definition) is 2. The summed E-state index contributed by atoms with van der Waals surface area (Å²) in [6.07, 6.45) is 7.91. The lowest BCUT2D eigenvalue weighted by atomic mass is 9.96. The van der Waals surface area contributed by atoms with E-state index in [1.807, 2.05) is 12.3 Å². The van der Waals surface area contributed by atoms with Crippen LogP contribution in [0.5, 0.6) is 0 Å². The molecule has 6 heteroatoms. The van der Waals surface area contributed by atoms with E-state index >= 15 is 0 Å². The second kappa shape index (κ2) is 7.43. The highest BCUT2D eigenvalue weighted by molar-refractivity contribution is 7.97. The maximum absolute atomic E-state index is 11.7. The van der Waals surface area contributed by atoms with Gasteiger partial charge in [0, 0.05) is 17.9 Å². The van der Waals surface area contributed by atoms with E-state index in [9.17, 15) is 4.79 Å². The molecule has 1 fully saturated rings. The van der Waals surface area contributed by atoms with Crippen LogP contribution in [0.15, 0.2) is 10.6 Å². The zero-order valence-electron chi connectivity index (χ0n) is 11.3. The average molecular weight is 283 g/mol. The molecule has 0 atom stereocenters. The summed E-state index contributed by atoms with van der Waals surface area (Å²) in [7, 11) is 0. The van der Waals surface area contributed by atoms with Crippen LogP contribution in [0.4, 0.5) is 4.79 Å². The monoisotopic (exact) mass is 283 g/mol.